The molecule has 0 aliphatic carbocycles. The SMILES string of the molecule is CCOC(=O)C1=C(C)N=c2s/c(=C/c3ccc(-c4ccc(Cl)c(Cl)c4)o3)c(=O)n2C1c1ccccc1OC. The Morgan fingerprint density at radius 1 is 1.16 bits per heavy atom. The van der Waals surface area contributed by atoms with Gasteiger partial charge in [0.05, 0.1) is 39.6 Å². The Labute approximate surface area is 231 Å². The van der Waals surface area contributed by atoms with E-state index >= 15 is 0 Å². The van der Waals surface area contributed by atoms with Crippen LogP contribution < -0.4 is 19.6 Å². The first kappa shape index (κ1) is 26.0. The van der Waals surface area contributed by atoms with Crippen molar-refractivity contribution in [2.45, 2.75) is 19.9 Å². The lowest BCUT2D eigenvalue weighted by Gasteiger charge is -2.25. The zero-order valence-electron chi connectivity index (χ0n) is 20.7. The highest BCUT2D eigenvalue weighted by molar-refractivity contribution is 7.07. The molecule has 0 spiro atoms. The van der Waals surface area contributed by atoms with Gasteiger partial charge in [-0.05, 0) is 50.2 Å². The molecule has 0 radical (unpaired) electrons. The van der Waals surface area contributed by atoms with Crippen LogP contribution in [0.5, 0.6) is 5.75 Å². The van der Waals surface area contributed by atoms with E-state index in [0.717, 1.165) is 5.56 Å². The van der Waals surface area contributed by atoms with Gasteiger partial charge in [-0.15, -0.1) is 0 Å². The summed E-state index contributed by atoms with van der Waals surface area (Å²) in [5, 5.41) is 0.866. The van der Waals surface area contributed by atoms with E-state index in [1.165, 1.54) is 15.9 Å². The van der Waals surface area contributed by atoms with Crippen LogP contribution in [0, 0.1) is 0 Å². The molecule has 194 valence electrons. The lowest BCUT2D eigenvalue weighted by molar-refractivity contribution is -0.139. The normalized spacial score (nSPS) is 15.3. The van der Waals surface area contributed by atoms with Crippen LogP contribution in [0.3, 0.4) is 0 Å². The van der Waals surface area contributed by atoms with Gasteiger partial charge in [0.25, 0.3) is 5.56 Å². The summed E-state index contributed by atoms with van der Waals surface area (Å²) in [6.07, 6.45) is 1.66. The first-order chi connectivity index (χ1) is 18.3. The molecule has 38 heavy (non-hydrogen) atoms. The molecule has 5 rings (SSSR count). The summed E-state index contributed by atoms with van der Waals surface area (Å²) < 4.78 is 18.8. The molecule has 7 nitrogen and oxygen atoms in total. The van der Waals surface area contributed by atoms with Crippen molar-refractivity contribution in [3.8, 4) is 17.1 Å². The van der Waals surface area contributed by atoms with E-state index in [1.54, 1.807) is 63.4 Å². The monoisotopic (exact) mass is 568 g/mol. The Kier molecular flexibility index (Phi) is 7.29. The first-order valence-electron chi connectivity index (χ1n) is 11.7. The van der Waals surface area contributed by atoms with E-state index in [4.69, 9.17) is 37.1 Å². The number of allylic oxidation sites excluding steroid dienone is 1. The minimum atomic E-state index is -0.771. The smallest absolute Gasteiger partial charge is 0.338 e. The number of halogens is 2. The highest BCUT2D eigenvalue weighted by atomic mass is 35.5. The van der Waals surface area contributed by atoms with E-state index in [1.807, 2.05) is 18.2 Å². The third kappa shape index (κ3) is 4.71. The van der Waals surface area contributed by atoms with E-state index < -0.39 is 12.0 Å². The minimum Gasteiger partial charge on any atom is -0.496 e. The fraction of sp³-hybridized carbons (Fsp3) is 0.179. The van der Waals surface area contributed by atoms with Crippen molar-refractivity contribution in [1.29, 1.82) is 0 Å². The Hall–Kier alpha value is -3.59. The summed E-state index contributed by atoms with van der Waals surface area (Å²) >= 11 is 13.4. The molecule has 1 aliphatic heterocycles. The van der Waals surface area contributed by atoms with E-state index in [9.17, 15) is 9.59 Å². The summed E-state index contributed by atoms with van der Waals surface area (Å²) in [4.78, 5) is 31.9. The molecule has 1 unspecified atom stereocenters. The lowest BCUT2D eigenvalue weighted by atomic mass is 9.95. The molecule has 0 saturated heterocycles. The molecular weight excluding hydrogens is 547 g/mol. The third-order valence-corrected chi connectivity index (χ3v) is 7.78. The molecule has 10 heteroatoms. The van der Waals surface area contributed by atoms with Crippen LogP contribution in [-0.2, 0) is 9.53 Å². The maximum absolute atomic E-state index is 13.8. The average Bonchev–Trinajstić information content (AvgIpc) is 3.49. The number of esters is 1. The molecule has 3 heterocycles. The van der Waals surface area contributed by atoms with Crippen LogP contribution in [0.2, 0.25) is 10.0 Å². The van der Waals surface area contributed by atoms with E-state index in [2.05, 4.69) is 4.99 Å². The average molecular weight is 569 g/mol. The van der Waals surface area contributed by atoms with Gasteiger partial charge in [-0.1, -0.05) is 52.7 Å². The number of hydrogen-bond acceptors (Lipinski definition) is 7. The van der Waals surface area contributed by atoms with Crippen molar-refractivity contribution < 1.29 is 18.7 Å². The molecule has 0 saturated carbocycles. The van der Waals surface area contributed by atoms with Gasteiger partial charge in [-0.3, -0.25) is 9.36 Å². The molecule has 2 aromatic carbocycles. The second-order valence-electron chi connectivity index (χ2n) is 8.38. The molecule has 0 N–H and O–H groups in total. The molecule has 0 bridgehead atoms. The zero-order chi connectivity index (χ0) is 27.0. The van der Waals surface area contributed by atoms with Gasteiger partial charge >= 0.3 is 5.97 Å². The summed E-state index contributed by atoms with van der Waals surface area (Å²) in [6.45, 7) is 3.66. The number of methoxy groups -OCH3 is 1. The van der Waals surface area contributed by atoms with Gasteiger partial charge in [0, 0.05) is 17.2 Å². The fourth-order valence-electron chi connectivity index (χ4n) is 4.34. The van der Waals surface area contributed by atoms with Gasteiger partial charge in [-0.2, -0.15) is 0 Å². The van der Waals surface area contributed by atoms with Gasteiger partial charge < -0.3 is 13.9 Å². The van der Waals surface area contributed by atoms with Crippen molar-refractivity contribution in [1.82, 2.24) is 4.57 Å². The van der Waals surface area contributed by atoms with Gasteiger partial charge in [0.1, 0.15) is 23.3 Å². The number of thiazole rings is 1. The Balaban J connectivity index is 1.65. The molecule has 1 atom stereocenters. The number of ether oxygens (including phenoxy) is 2. The number of para-hydroxylation sites is 1. The van der Waals surface area contributed by atoms with Gasteiger partial charge in [0.2, 0.25) is 0 Å². The molecule has 1 aliphatic rings. The first-order valence-corrected chi connectivity index (χ1v) is 13.3. The lowest BCUT2D eigenvalue weighted by Crippen LogP contribution is -2.40. The molecule has 0 amide bonds. The number of furan rings is 1. The van der Waals surface area contributed by atoms with Crippen LogP contribution in [0.4, 0.5) is 0 Å². The molecule has 2 aromatic heterocycles. The number of benzene rings is 2. The number of carbonyl (C=O) groups excluding carboxylic acids is 1. The van der Waals surface area contributed by atoms with Crippen LogP contribution in [0.15, 0.2) is 80.1 Å². The second-order valence-corrected chi connectivity index (χ2v) is 10.2. The number of nitrogens with zero attached hydrogens (tertiary/aromatic N) is 2. The number of hydrogen-bond donors (Lipinski definition) is 0. The third-order valence-electron chi connectivity index (χ3n) is 6.05. The highest BCUT2D eigenvalue weighted by Gasteiger charge is 2.35. The molecule has 4 aromatic rings. The van der Waals surface area contributed by atoms with Crippen molar-refractivity contribution in [3.05, 3.63) is 107 Å². The standard InChI is InChI=1S/C28H22Cl2N2O5S/c1-4-36-27(34)24-15(2)31-28-32(25(24)18-7-5-6-8-22(18)35-3)26(33)23(38-28)14-17-10-12-21(37-17)16-9-11-19(29)20(30)13-16/h5-14,25H,4H2,1-3H3/b23-14+. The predicted octanol–water partition coefficient (Wildman–Crippen LogP) is 5.37. The largest absolute Gasteiger partial charge is 0.496 e. The quantitative estimate of drug-likeness (QED) is 0.292. The van der Waals surface area contributed by atoms with Crippen LogP contribution in [0.25, 0.3) is 17.4 Å². The topological polar surface area (TPSA) is 83.0 Å². The molecular formula is C28H22Cl2N2O5S. The van der Waals surface area contributed by atoms with Crippen LogP contribution >= 0.6 is 34.5 Å². The second kappa shape index (κ2) is 10.6. The van der Waals surface area contributed by atoms with E-state index in [0.29, 0.717) is 47.9 Å². The fourth-order valence-corrected chi connectivity index (χ4v) is 5.67. The summed E-state index contributed by atoms with van der Waals surface area (Å²) in [7, 11) is 1.55. The maximum atomic E-state index is 13.8. The number of aromatic nitrogens is 1. The highest BCUT2D eigenvalue weighted by Crippen LogP contribution is 2.35. The number of rotatable bonds is 6. The van der Waals surface area contributed by atoms with Gasteiger partial charge in [0.15, 0.2) is 4.80 Å². The van der Waals surface area contributed by atoms with Crippen molar-refractivity contribution >= 4 is 46.6 Å². The van der Waals surface area contributed by atoms with Gasteiger partial charge in [-0.25, -0.2) is 9.79 Å². The van der Waals surface area contributed by atoms with Crippen LogP contribution in [-0.4, -0.2) is 24.3 Å². The number of fused-ring (bicyclic) bond motifs is 1. The van der Waals surface area contributed by atoms with Crippen molar-refractivity contribution in [2.75, 3.05) is 13.7 Å². The minimum absolute atomic E-state index is 0.193. The van der Waals surface area contributed by atoms with Crippen molar-refractivity contribution in [2.24, 2.45) is 4.99 Å². The Morgan fingerprint density at radius 3 is 2.68 bits per heavy atom. The summed E-state index contributed by atoms with van der Waals surface area (Å²) in [6, 6.07) is 15.3. The van der Waals surface area contributed by atoms with E-state index in [-0.39, 0.29) is 17.7 Å². The maximum Gasteiger partial charge on any atom is 0.338 e. The summed E-state index contributed by atoms with van der Waals surface area (Å²) in [5.74, 6) is 1.07. The predicted molar refractivity (Wildman–Crippen MR) is 148 cm³/mol. The number of carbonyl (C=O) groups is 1. The van der Waals surface area contributed by atoms with Crippen molar-refractivity contribution in [3.63, 3.8) is 0 Å². The molecule has 0 fully saturated rings. The zero-order valence-corrected chi connectivity index (χ0v) is 23.0. The van der Waals surface area contributed by atoms with Crippen LogP contribution in [0.1, 0.15) is 31.2 Å². The summed E-state index contributed by atoms with van der Waals surface area (Å²) in [5.41, 5.74) is 1.86. The Bertz CT molecular complexity index is 1770. The Morgan fingerprint density at radius 2 is 1.95 bits per heavy atom.